The molecule has 5 rings (SSSR count). The molecular formula is C28H30N6O2. The molecule has 1 aromatic carbocycles. The van der Waals surface area contributed by atoms with Crippen molar-refractivity contribution in [2.75, 3.05) is 7.11 Å². The van der Waals surface area contributed by atoms with E-state index in [2.05, 4.69) is 33.9 Å². The van der Waals surface area contributed by atoms with E-state index in [-0.39, 0.29) is 5.97 Å². The third-order valence-electron chi connectivity index (χ3n) is 6.75. The average molecular weight is 483 g/mol. The van der Waals surface area contributed by atoms with Crippen molar-refractivity contribution in [3.8, 4) is 22.5 Å². The first kappa shape index (κ1) is 23.8. The highest BCUT2D eigenvalue weighted by molar-refractivity contribution is 5.86. The van der Waals surface area contributed by atoms with E-state index in [1.165, 1.54) is 7.11 Å². The van der Waals surface area contributed by atoms with Crippen LogP contribution in [0.1, 0.15) is 49.3 Å². The Morgan fingerprint density at radius 3 is 2.33 bits per heavy atom. The molecule has 0 spiro atoms. The average Bonchev–Trinajstić information content (AvgIpc) is 3.62. The molecule has 1 aliphatic rings. The number of hydrogen-bond acceptors (Lipinski definition) is 7. The van der Waals surface area contributed by atoms with Gasteiger partial charge in [-0.2, -0.15) is 5.10 Å². The summed E-state index contributed by atoms with van der Waals surface area (Å²) >= 11 is 0. The number of methoxy groups -OCH3 is 1. The van der Waals surface area contributed by atoms with Crippen LogP contribution in [0.4, 0.5) is 0 Å². The number of nitrogens with zero attached hydrogens (tertiary/aromatic N) is 6. The van der Waals surface area contributed by atoms with Gasteiger partial charge in [-0.25, -0.2) is 9.97 Å². The smallest absolute Gasteiger partial charge is 0.316 e. The van der Waals surface area contributed by atoms with Crippen molar-refractivity contribution in [2.45, 2.75) is 44.9 Å². The van der Waals surface area contributed by atoms with Crippen LogP contribution in [0.15, 0.2) is 55.2 Å². The van der Waals surface area contributed by atoms with E-state index >= 15 is 0 Å². The number of esters is 1. The molecule has 0 unspecified atom stereocenters. The second-order valence-electron chi connectivity index (χ2n) is 9.85. The van der Waals surface area contributed by atoms with E-state index < -0.39 is 5.41 Å². The van der Waals surface area contributed by atoms with Crippen LogP contribution >= 0.6 is 0 Å². The Morgan fingerprint density at radius 1 is 1.00 bits per heavy atom. The fourth-order valence-electron chi connectivity index (χ4n) is 4.61. The van der Waals surface area contributed by atoms with Gasteiger partial charge in [0.05, 0.1) is 41.4 Å². The van der Waals surface area contributed by atoms with Crippen molar-refractivity contribution < 1.29 is 9.53 Å². The molecule has 0 aliphatic heterocycles. The Balaban J connectivity index is 1.36. The van der Waals surface area contributed by atoms with E-state index in [1.807, 2.05) is 54.6 Å². The molecule has 184 valence electrons. The molecule has 36 heavy (non-hydrogen) atoms. The summed E-state index contributed by atoms with van der Waals surface area (Å²) in [7, 11) is 3.36. The standard InChI is InChI=1S/C28H30N6O2/c1-18(2)11-22-15-29-16-23(33-22)12-25-24(17-32-34(25)3)26-30-13-20(14-31-26)19-5-7-21(8-6-19)28(9-10-28)27(35)36-4/h5-8,13-18H,9-12H2,1-4H3. The van der Waals surface area contributed by atoms with Crippen molar-refractivity contribution in [3.05, 3.63) is 77.9 Å². The molecule has 3 heterocycles. The van der Waals surface area contributed by atoms with E-state index in [4.69, 9.17) is 9.72 Å². The third-order valence-corrected chi connectivity index (χ3v) is 6.75. The zero-order valence-electron chi connectivity index (χ0n) is 21.1. The zero-order chi connectivity index (χ0) is 25.3. The predicted molar refractivity (Wildman–Crippen MR) is 136 cm³/mol. The number of aryl methyl sites for hydroxylation is 1. The quantitative estimate of drug-likeness (QED) is 0.345. The Hall–Kier alpha value is -3.94. The highest BCUT2D eigenvalue weighted by atomic mass is 16.5. The van der Waals surface area contributed by atoms with Gasteiger partial charge in [0.15, 0.2) is 5.82 Å². The second kappa shape index (κ2) is 9.60. The lowest BCUT2D eigenvalue weighted by Gasteiger charge is -2.13. The van der Waals surface area contributed by atoms with Crippen LogP contribution in [0.5, 0.6) is 0 Å². The Morgan fingerprint density at radius 2 is 1.69 bits per heavy atom. The summed E-state index contributed by atoms with van der Waals surface area (Å²) in [5, 5.41) is 4.45. The van der Waals surface area contributed by atoms with Gasteiger partial charge >= 0.3 is 5.97 Å². The van der Waals surface area contributed by atoms with E-state index in [1.54, 1.807) is 12.4 Å². The maximum absolute atomic E-state index is 12.2. The van der Waals surface area contributed by atoms with Crippen LogP contribution in [-0.4, -0.2) is 42.8 Å². The molecule has 1 aliphatic carbocycles. The second-order valence-corrected chi connectivity index (χ2v) is 9.85. The fraction of sp³-hybridized carbons (Fsp3) is 0.357. The lowest BCUT2D eigenvalue weighted by Crippen LogP contribution is -2.21. The van der Waals surface area contributed by atoms with E-state index in [9.17, 15) is 4.79 Å². The van der Waals surface area contributed by atoms with Gasteiger partial charge < -0.3 is 4.74 Å². The van der Waals surface area contributed by atoms with Gasteiger partial charge in [-0.15, -0.1) is 0 Å². The minimum atomic E-state index is -0.469. The van der Waals surface area contributed by atoms with Crippen LogP contribution in [-0.2, 0) is 34.8 Å². The SMILES string of the molecule is COC(=O)C1(c2ccc(-c3cnc(-c4cnn(C)c4Cc4cncc(CC(C)C)n4)nc3)cc2)CC1. The van der Waals surface area contributed by atoms with Gasteiger partial charge in [0, 0.05) is 43.8 Å². The van der Waals surface area contributed by atoms with E-state index in [0.29, 0.717) is 18.2 Å². The summed E-state index contributed by atoms with van der Waals surface area (Å²) in [6, 6.07) is 8.02. The molecule has 1 saturated carbocycles. The van der Waals surface area contributed by atoms with Gasteiger partial charge in [-0.3, -0.25) is 19.4 Å². The summed E-state index contributed by atoms with van der Waals surface area (Å²) in [6.07, 6.45) is 12.2. The van der Waals surface area contributed by atoms with Crippen LogP contribution in [0, 0.1) is 5.92 Å². The van der Waals surface area contributed by atoms with Crippen LogP contribution in [0.3, 0.4) is 0 Å². The molecule has 8 heteroatoms. The van der Waals surface area contributed by atoms with Gasteiger partial charge in [0.2, 0.25) is 0 Å². The van der Waals surface area contributed by atoms with Crippen molar-refractivity contribution in [1.29, 1.82) is 0 Å². The minimum Gasteiger partial charge on any atom is -0.468 e. The molecule has 0 atom stereocenters. The number of rotatable bonds is 8. The number of carbonyl (C=O) groups is 1. The Bertz CT molecular complexity index is 1370. The first-order chi connectivity index (χ1) is 17.4. The minimum absolute atomic E-state index is 0.159. The number of hydrogen-bond donors (Lipinski definition) is 0. The topological polar surface area (TPSA) is 95.7 Å². The molecule has 1 fully saturated rings. The van der Waals surface area contributed by atoms with Gasteiger partial charge in [-0.05, 0) is 36.3 Å². The molecule has 4 aromatic rings. The van der Waals surface area contributed by atoms with Gasteiger partial charge in [0.1, 0.15) is 0 Å². The summed E-state index contributed by atoms with van der Waals surface area (Å²) in [5.41, 5.74) is 6.19. The van der Waals surface area contributed by atoms with Crippen molar-refractivity contribution in [2.24, 2.45) is 13.0 Å². The molecule has 8 nitrogen and oxygen atoms in total. The highest BCUT2D eigenvalue weighted by Crippen LogP contribution is 2.49. The number of carbonyl (C=O) groups excluding carboxylic acids is 1. The number of ether oxygens (including phenoxy) is 1. The lowest BCUT2D eigenvalue weighted by atomic mass is 9.94. The maximum atomic E-state index is 12.2. The molecule has 0 saturated heterocycles. The molecule has 3 aromatic heterocycles. The largest absolute Gasteiger partial charge is 0.468 e. The first-order valence-corrected chi connectivity index (χ1v) is 12.2. The summed E-state index contributed by atoms with van der Waals surface area (Å²) < 4.78 is 6.84. The Kier molecular flexibility index (Phi) is 6.35. The normalized spacial score (nSPS) is 14.1. The fourth-order valence-corrected chi connectivity index (χ4v) is 4.61. The van der Waals surface area contributed by atoms with Crippen molar-refractivity contribution in [1.82, 2.24) is 29.7 Å². The van der Waals surface area contributed by atoms with Crippen LogP contribution < -0.4 is 0 Å². The summed E-state index contributed by atoms with van der Waals surface area (Å²) in [5.74, 6) is 0.979. The van der Waals surface area contributed by atoms with Gasteiger partial charge in [-0.1, -0.05) is 38.1 Å². The zero-order valence-corrected chi connectivity index (χ0v) is 21.1. The van der Waals surface area contributed by atoms with Crippen LogP contribution in [0.25, 0.3) is 22.5 Å². The maximum Gasteiger partial charge on any atom is 0.316 e. The predicted octanol–water partition coefficient (Wildman–Crippen LogP) is 4.33. The Labute approximate surface area is 210 Å². The summed E-state index contributed by atoms with van der Waals surface area (Å²) in [6.45, 7) is 4.35. The molecule has 0 N–H and O–H groups in total. The lowest BCUT2D eigenvalue weighted by molar-refractivity contribution is -0.143. The molecule has 0 radical (unpaired) electrons. The van der Waals surface area contributed by atoms with Crippen molar-refractivity contribution >= 4 is 5.97 Å². The van der Waals surface area contributed by atoms with E-state index in [0.717, 1.165) is 58.6 Å². The van der Waals surface area contributed by atoms with Crippen molar-refractivity contribution in [3.63, 3.8) is 0 Å². The number of aromatic nitrogens is 6. The summed E-state index contributed by atoms with van der Waals surface area (Å²) in [4.78, 5) is 30.6. The highest BCUT2D eigenvalue weighted by Gasteiger charge is 2.52. The third kappa shape index (κ3) is 4.63. The molecular weight excluding hydrogens is 452 g/mol. The first-order valence-electron chi connectivity index (χ1n) is 12.2. The van der Waals surface area contributed by atoms with Gasteiger partial charge in [0.25, 0.3) is 0 Å². The molecule has 0 bridgehead atoms. The monoisotopic (exact) mass is 482 g/mol. The number of benzene rings is 1. The molecule has 0 amide bonds. The van der Waals surface area contributed by atoms with Crippen LogP contribution in [0.2, 0.25) is 0 Å².